The van der Waals surface area contributed by atoms with Gasteiger partial charge in [-0.1, -0.05) is 28.9 Å². The Kier molecular flexibility index (Phi) is 10.0. The Bertz CT molecular complexity index is 155. The number of halogens is 1. The average Bonchev–Trinajstić information content (AvgIpc) is 2.03. The normalized spacial score (nSPS) is 9.92. The van der Waals surface area contributed by atoms with Crippen molar-refractivity contribution in [2.75, 3.05) is 19.9 Å². The molecule has 0 heterocycles. The number of hydrogen-bond donors (Lipinski definition) is 1. The minimum absolute atomic E-state index is 0.350. The summed E-state index contributed by atoms with van der Waals surface area (Å²) in [7, 11) is 3.44. The van der Waals surface area contributed by atoms with Gasteiger partial charge in [0.05, 0.1) is 0 Å². The Morgan fingerprint density at radius 3 is 2.00 bits per heavy atom. The van der Waals surface area contributed by atoms with Crippen LogP contribution in [-0.4, -0.2) is 35.9 Å². The van der Waals surface area contributed by atoms with E-state index in [1.807, 2.05) is 12.8 Å². The summed E-state index contributed by atoms with van der Waals surface area (Å²) in [6.07, 6.45) is 2.43. The lowest BCUT2D eigenvalue weighted by molar-refractivity contribution is -0.134. The van der Waals surface area contributed by atoms with Crippen LogP contribution < -0.4 is 0 Å². The fourth-order valence-corrected chi connectivity index (χ4v) is 0.655. The predicted molar refractivity (Wildman–Crippen MR) is 54.5 cm³/mol. The maximum Gasteiger partial charge on any atom is 0.351 e. The molecule has 0 unspecified atom stereocenters. The molecule has 0 radical (unpaired) electrons. The third-order valence-corrected chi connectivity index (χ3v) is 1.10. The highest BCUT2D eigenvalue weighted by Gasteiger charge is 2.06. The van der Waals surface area contributed by atoms with E-state index < -0.39 is 5.97 Å². The number of rotatable bonds is 3. The van der Waals surface area contributed by atoms with Gasteiger partial charge in [-0.3, -0.25) is 0 Å². The van der Waals surface area contributed by atoms with Gasteiger partial charge in [0.2, 0.25) is 0 Å². The minimum Gasteiger partial charge on any atom is -0.477 e. The second-order valence-corrected chi connectivity index (χ2v) is 2.20. The van der Waals surface area contributed by atoms with Crippen molar-refractivity contribution < 1.29 is 9.90 Å². The van der Waals surface area contributed by atoms with Crippen LogP contribution in [0, 0.1) is 0 Å². The number of carboxylic acid groups (broad SMARTS) is 1. The van der Waals surface area contributed by atoms with E-state index in [0.29, 0.717) is 5.70 Å². The van der Waals surface area contributed by atoms with Gasteiger partial charge in [0.25, 0.3) is 0 Å². The van der Waals surface area contributed by atoms with Crippen LogP contribution >= 0.6 is 15.9 Å². The van der Waals surface area contributed by atoms with Gasteiger partial charge < -0.3 is 10.0 Å². The van der Waals surface area contributed by atoms with Crippen molar-refractivity contribution in [2.24, 2.45) is 0 Å². The number of carboxylic acids is 1. The van der Waals surface area contributed by atoms with Crippen molar-refractivity contribution in [1.29, 1.82) is 0 Å². The number of likely N-dealkylation sites (N-methyl/N-ethyl adjacent to an activating group) is 1. The van der Waals surface area contributed by atoms with Crippen molar-refractivity contribution in [1.82, 2.24) is 4.90 Å². The molecule has 0 aliphatic rings. The fraction of sp³-hybridized carbons (Fsp3) is 0.625. The summed E-state index contributed by atoms with van der Waals surface area (Å²) < 4.78 is 0. The third kappa shape index (κ3) is 6.22. The largest absolute Gasteiger partial charge is 0.477 e. The molecule has 0 aromatic heterocycles. The topological polar surface area (TPSA) is 40.5 Å². The first-order valence-electron chi connectivity index (χ1n) is 3.58. The molecular weight excluding hydrogens is 222 g/mol. The van der Waals surface area contributed by atoms with Crippen LogP contribution in [-0.2, 0) is 4.79 Å². The van der Waals surface area contributed by atoms with Gasteiger partial charge >= 0.3 is 5.97 Å². The second kappa shape index (κ2) is 8.59. The van der Waals surface area contributed by atoms with Crippen LogP contribution in [0.15, 0.2) is 11.8 Å². The molecule has 0 atom stereocenters. The first kappa shape index (κ1) is 14.0. The van der Waals surface area contributed by atoms with E-state index in [-0.39, 0.29) is 0 Å². The van der Waals surface area contributed by atoms with Crippen molar-refractivity contribution in [2.45, 2.75) is 13.3 Å². The zero-order valence-corrected chi connectivity index (χ0v) is 9.55. The van der Waals surface area contributed by atoms with E-state index in [9.17, 15) is 4.79 Å². The number of allylic oxidation sites excluding steroid dienone is 1. The highest BCUT2D eigenvalue weighted by atomic mass is 79.9. The first-order chi connectivity index (χ1) is 5.59. The molecule has 0 rings (SSSR count). The van der Waals surface area contributed by atoms with Gasteiger partial charge in [-0.15, -0.1) is 0 Å². The van der Waals surface area contributed by atoms with Gasteiger partial charge in [0.1, 0.15) is 5.70 Å². The maximum atomic E-state index is 10.4. The Labute approximate surface area is 82.2 Å². The van der Waals surface area contributed by atoms with Gasteiger partial charge in [-0.2, -0.15) is 0 Å². The van der Waals surface area contributed by atoms with E-state index in [1.165, 1.54) is 0 Å². The van der Waals surface area contributed by atoms with Crippen LogP contribution in [0.4, 0.5) is 0 Å². The summed E-state index contributed by atoms with van der Waals surface area (Å²) in [5.41, 5.74) is 0.350. The molecule has 72 valence electrons. The SMILES string of the molecule is CBr.CC/C=C(\C(=O)O)N(C)C. The molecule has 0 amide bonds. The standard InChI is InChI=1S/C7H13NO2.CH3Br/c1-4-5-6(7(9)10)8(2)3;1-2/h5H,4H2,1-3H3,(H,9,10);1H3/b6-5+;. The number of hydrogen-bond acceptors (Lipinski definition) is 2. The molecule has 0 aliphatic heterocycles. The average molecular weight is 238 g/mol. The summed E-state index contributed by atoms with van der Waals surface area (Å²) >= 11 is 2.94. The predicted octanol–water partition coefficient (Wildman–Crippen LogP) is 1.94. The molecule has 4 heteroatoms. The molecule has 0 saturated heterocycles. The van der Waals surface area contributed by atoms with E-state index in [0.717, 1.165) is 6.42 Å². The minimum atomic E-state index is -0.869. The Balaban J connectivity index is 0. The molecule has 0 aromatic carbocycles. The molecule has 0 spiro atoms. The molecule has 12 heavy (non-hydrogen) atoms. The molecule has 0 fully saturated rings. The summed E-state index contributed by atoms with van der Waals surface area (Å²) in [5, 5.41) is 8.56. The molecular formula is C8H16BrNO2. The van der Waals surface area contributed by atoms with Crippen LogP contribution in [0.2, 0.25) is 0 Å². The van der Waals surface area contributed by atoms with E-state index in [2.05, 4.69) is 15.9 Å². The first-order valence-corrected chi connectivity index (χ1v) is 5.16. The molecule has 0 bridgehead atoms. The number of alkyl halides is 1. The lowest BCUT2D eigenvalue weighted by atomic mass is 10.3. The molecule has 1 N–H and O–H groups in total. The van der Waals surface area contributed by atoms with E-state index >= 15 is 0 Å². The summed E-state index contributed by atoms with van der Waals surface area (Å²) in [6.45, 7) is 1.91. The highest BCUT2D eigenvalue weighted by Crippen LogP contribution is 1.99. The Morgan fingerprint density at radius 1 is 1.50 bits per heavy atom. The lowest BCUT2D eigenvalue weighted by Gasteiger charge is -2.11. The Morgan fingerprint density at radius 2 is 1.92 bits per heavy atom. The fourth-order valence-electron chi connectivity index (χ4n) is 0.655. The quantitative estimate of drug-likeness (QED) is 0.603. The third-order valence-electron chi connectivity index (χ3n) is 1.10. The van der Waals surface area contributed by atoms with Crippen molar-refractivity contribution in [3.63, 3.8) is 0 Å². The Hall–Kier alpha value is -0.510. The molecule has 3 nitrogen and oxygen atoms in total. The van der Waals surface area contributed by atoms with Crippen LogP contribution in [0.25, 0.3) is 0 Å². The number of aliphatic carboxylic acids is 1. The van der Waals surface area contributed by atoms with E-state index in [1.54, 1.807) is 25.1 Å². The summed E-state index contributed by atoms with van der Waals surface area (Å²) in [5.74, 6) is 0.944. The maximum absolute atomic E-state index is 10.4. The van der Waals surface area contributed by atoms with Gasteiger partial charge in [-0.05, 0) is 12.3 Å². The zero-order chi connectivity index (χ0) is 10.1. The van der Waals surface area contributed by atoms with Crippen molar-refractivity contribution in [3.05, 3.63) is 11.8 Å². The van der Waals surface area contributed by atoms with Gasteiger partial charge in [-0.25, -0.2) is 4.79 Å². The van der Waals surface area contributed by atoms with E-state index in [4.69, 9.17) is 5.11 Å². The number of carbonyl (C=O) groups is 1. The van der Waals surface area contributed by atoms with Crippen molar-refractivity contribution >= 4 is 21.9 Å². The molecule has 0 aromatic rings. The van der Waals surface area contributed by atoms with Crippen molar-refractivity contribution in [3.8, 4) is 0 Å². The monoisotopic (exact) mass is 237 g/mol. The van der Waals surface area contributed by atoms with Crippen LogP contribution in [0.5, 0.6) is 0 Å². The molecule has 0 aliphatic carbocycles. The summed E-state index contributed by atoms with van der Waals surface area (Å²) in [4.78, 5) is 12.0. The summed E-state index contributed by atoms with van der Waals surface area (Å²) in [6, 6.07) is 0. The van der Waals surface area contributed by atoms with Gasteiger partial charge in [0, 0.05) is 14.1 Å². The second-order valence-electron chi connectivity index (χ2n) is 2.20. The smallest absolute Gasteiger partial charge is 0.351 e. The van der Waals surface area contributed by atoms with Gasteiger partial charge in [0.15, 0.2) is 0 Å². The molecule has 0 saturated carbocycles. The lowest BCUT2D eigenvalue weighted by Crippen LogP contribution is -2.18. The van der Waals surface area contributed by atoms with Crippen LogP contribution in [0.3, 0.4) is 0 Å². The number of nitrogens with zero attached hydrogens (tertiary/aromatic N) is 1. The highest BCUT2D eigenvalue weighted by molar-refractivity contribution is 9.08. The van der Waals surface area contributed by atoms with Crippen LogP contribution in [0.1, 0.15) is 13.3 Å². The zero-order valence-electron chi connectivity index (χ0n) is 7.97.